The average molecular weight is 462 g/mol. The number of benzene rings is 2. The highest BCUT2D eigenvalue weighted by Gasteiger charge is 2.44. The number of hydrogen-bond donors (Lipinski definition) is 2. The Morgan fingerprint density at radius 3 is 2.52 bits per heavy atom. The van der Waals surface area contributed by atoms with Crippen molar-refractivity contribution in [2.75, 3.05) is 18.5 Å². The van der Waals surface area contributed by atoms with Gasteiger partial charge in [-0.2, -0.15) is 5.26 Å². The summed E-state index contributed by atoms with van der Waals surface area (Å²) in [6, 6.07) is 13.6. The van der Waals surface area contributed by atoms with Crippen LogP contribution in [0, 0.1) is 11.3 Å². The van der Waals surface area contributed by atoms with Gasteiger partial charge in [0.05, 0.1) is 21.4 Å². The lowest BCUT2D eigenvalue weighted by atomic mass is 9.98. The Labute approximate surface area is 187 Å². The summed E-state index contributed by atoms with van der Waals surface area (Å²) in [5, 5.41) is 12.1. The molecule has 0 atom stereocenters. The van der Waals surface area contributed by atoms with Gasteiger partial charge in [-0.15, -0.1) is 0 Å². The summed E-state index contributed by atoms with van der Waals surface area (Å²) in [7, 11) is -3.64. The second-order valence-electron chi connectivity index (χ2n) is 7.45. The Kier molecular flexibility index (Phi) is 7.21. The van der Waals surface area contributed by atoms with E-state index in [0.717, 1.165) is 31.2 Å². The van der Waals surface area contributed by atoms with Gasteiger partial charge in [-0.25, -0.2) is 13.1 Å². The van der Waals surface area contributed by atoms with E-state index in [4.69, 9.17) is 16.3 Å². The van der Waals surface area contributed by atoms with Crippen molar-refractivity contribution < 1.29 is 17.9 Å². The number of unbranched alkanes of at least 4 members (excludes halogenated alkanes) is 1. The van der Waals surface area contributed by atoms with Crippen LogP contribution in [0.5, 0.6) is 5.75 Å². The van der Waals surface area contributed by atoms with Crippen LogP contribution in [-0.4, -0.2) is 27.5 Å². The molecule has 2 N–H and O–H groups in total. The third-order valence-corrected chi connectivity index (χ3v) is 6.83. The number of nitriles is 1. The van der Waals surface area contributed by atoms with Gasteiger partial charge in [0.1, 0.15) is 5.75 Å². The maximum absolute atomic E-state index is 12.3. The van der Waals surface area contributed by atoms with Gasteiger partial charge in [-0.05, 0) is 55.2 Å². The first-order chi connectivity index (χ1) is 14.8. The van der Waals surface area contributed by atoms with Crippen molar-refractivity contribution in [2.45, 2.75) is 42.9 Å². The standard InChI is InChI=1S/C22H24ClN3O4S/c1-2-3-12-25-31(28,29)18-8-9-20(19(23)13-18)30-14-21(27)26-17-6-4-16(5-7-17)22(15-24)10-11-22/h4-9,13,25H,2-3,10-12,14H2,1H3,(H,26,27). The van der Waals surface area contributed by atoms with Crippen molar-refractivity contribution in [1.82, 2.24) is 4.72 Å². The lowest BCUT2D eigenvalue weighted by Crippen LogP contribution is -2.24. The van der Waals surface area contributed by atoms with E-state index in [1.54, 1.807) is 12.1 Å². The number of halogens is 1. The fraction of sp³-hybridized carbons (Fsp3) is 0.364. The summed E-state index contributed by atoms with van der Waals surface area (Å²) in [4.78, 5) is 12.2. The molecule has 0 aromatic heterocycles. The summed E-state index contributed by atoms with van der Waals surface area (Å²) < 4.78 is 32.5. The molecular formula is C22H24ClN3O4S. The monoisotopic (exact) mass is 461 g/mol. The smallest absolute Gasteiger partial charge is 0.262 e. The molecule has 1 aliphatic carbocycles. The number of carbonyl (C=O) groups excluding carboxylic acids is 1. The molecule has 0 radical (unpaired) electrons. The number of amides is 1. The number of carbonyl (C=O) groups is 1. The number of ether oxygens (including phenoxy) is 1. The van der Waals surface area contributed by atoms with Crippen LogP contribution >= 0.6 is 11.6 Å². The Morgan fingerprint density at radius 2 is 1.94 bits per heavy atom. The lowest BCUT2D eigenvalue weighted by molar-refractivity contribution is -0.118. The third-order valence-electron chi connectivity index (χ3n) is 5.08. The molecule has 9 heteroatoms. The van der Waals surface area contributed by atoms with Gasteiger partial charge in [0.25, 0.3) is 5.91 Å². The van der Waals surface area contributed by atoms with Crippen molar-refractivity contribution in [3.8, 4) is 11.8 Å². The van der Waals surface area contributed by atoms with E-state index >= 15 is 0 Å². The van der Waals surface area contributed by atoms with Gasteiger partial charge in [0, 0.05) is 12.2 Å². The molecule has 0 aliphatic heterocycles. The van der Waals surface area contributed by atoms with Gasteiger partial charge < -0.3 is 10.1 Å². The zero-order valence-electron chi connectivity index (χ0n) is 17.2. The van der Waals surface area contributed by atoms with Gasteiger partial charge in [0.2, 0.25) is 10.0 Å². The number of anilines is 1. The van der Waals surface area contributed by atoms with Crippen molar-refractivity contribution in [3.05, 3.63) is 53.1 Å². The molecular weight excluding hydrogens is 438 g/mol. The quantitative estimate of drug-likeness (QED) is 0.520. The van der Waals surface area contributed by atoms with E-state index in [1.807, 2.05) is 19.1 Å². The average Bonchev–Trinajstić information content (AvgIpc) is 3.55. The molecule has 1 amide bonds. The Balaban J connectivity index is 1.55. The van der Waals surface area contributed by atoms with E-state index in [0.29, 0.717) is 12.2 Å². The zero-order valence-corrected chi connectivity index (χ0v) is 18.7. The van der Waals surface area contributed by atoms with Crippen LogP contribution < -0.4 is 14.8 Å². The predicted octanol–water partition coefficient (Wildman–Crippen LogP) is 3.99. The number of hydrogen-bond acceptors (Lipinski definition) is 5. The molecule has 0 bridgehead atoms. The molecule has 1 saturated carbocycles. The summed E-state index contributed by atoms with van der Waals surface area (Å²) in [6.07, 6.45) is 3.34. The second kappa shape index (κ2) is 9.69. The molecule has 2 aromatic carbocycles. The fourth-order valence-corrected chi connectivity index (χ4v) is 4.44. The Hall–Kier alpha value is -2.60. The summed E-state index contributed by atoms with van der Waals surface area (Å²) in [5.74, 6) is -0.174. The molecule has 1 aliphatic rings. The number of sulfonamides is 1. The zero-order chi connectivity index (χ0) is 22.5. The van der Waals surface area contributed by atoms with Crippen LogP contribution in [0.2, 0.25) is 5.02 Å². The topological polar surface area (TPSA) is 108 Å². The number of rotatable bonds is 10. The van der Waals surface area contributed by atoms with E-state index in [2.05, 4.69) is 16.1 Å². The Bertz CT molecular complexity index is 1090. The highest BCUT2D eigenvalue weighted by molar-refractivity contribution is 7.89. The van der Waals surface area contributed by atoms with Crippen LogP contribution in [0.1, 0.15) is 38.2 Å². The van der Waals surface area contributed by atoms with Crippen LogP contribution in [0.15, 0.2) is 47.4 Å². The number of nitrogens with zero attached hydrogens (tertiary/aromatic N) is 1. The van der Waals surface area contributed by atoms with Crippen molar-refractivity contribution in [1.29, 1.82) is 5.26 Å². The molecule has 0 unspecified atom stereocenters. The van der Waals surface area contributed by atoms with Crippen molar-refractivity contribution >= 4 is 33.2 Å². The first-order valence-electron chi connectivity index (χ1n) is 10.0. The minimum absolute atomic E-state index is 0.0382. The lowest BCUT2D eigenvalue weighted by Gasteiger charge is -2.12. The van der Waals surface area contributed by atoms with Crippen LogP contribution in [0.4, 0.5) is 5.69 Å². The minimum atomic E-state index is -3.64. The van der Waals surface area contributed by atoms with Gasteiger partial charge >= 0.3 is 0 Å². The molecule has 7 nitrogen and oxygen atoms in total. The highest BCUT2D eigenvalue weighted by Crippen LogP contribution is 2.47. The molecule has 31 heavy (non-hydrogen) atoms. The van der Waals surface area contributed by atoms with E-state index < -0.39 is 10.0 Å². The fourth-order valence-electron chi connectivity index (χ4n) is 3.04. The van der Waals surface area contributed by atoms with Crippen molar-refractivity contribution in [2.24, 2.45) is 0 Å². The molecule has 0 heterocycles. The van der Waals surface area contributed by atoms with Crippen LogP contribution in [0.25, 0.3) is 0 Å². The molecule has 2 aromatic rings. The van der Waals surface area contributed by atoms with Gasteiger partial charge in [-0.3, -0.25) is 4.79 Å². The van der Waals surface area contributed by atoms with Crippen LogP contribution in [0.3, 0.4) is 0 Å². The molecule has 0 spiro atoms. The first kappa shape index (κ1) is 23.1. The summed E-state index contributed by atoms with van der Waals surface area (Å²) >= 11 is 6.14. The molecule has 3 rings (SSSR count). The van der Waals surface area contributed by atoms with Crippen molar-refractivity contribution in [3.63, 3.8) is 0 Å². The van der Waals surface area contributed by atoms with E-state index in [1.165, 1.54) is 18.2 Å². The second-order valence-corrected chi connectivity index (χ2v) is 9.63. The SMILES string of the molecule is CCCCNS(=O)(=O)c1ccc(OCC(=O)Nc2ccc(C3(C#N)CC3)cc2)c(Cl)c1. The third kappa shape index (κ3) is 5.76. The minimum Gasteiger partial charge on any atom is -0.482 e. The largest absolute Gasteiger partial charge is 0.482 e. The summed E-state index contributed by atoms with van der Waals surface area (Å²) in [6.45, 7) is 2.04. The van der Waals surface area contributed by atoms with Crippen LogP contribution in [-0.2, 0) is 20.2 Å². The molecule has 164 valence electrons. The first-order valence-corrected chi connectivity index (χ1v) is 11.9. The maximum Gasteiger partial charge on any atom is 0.262 e. The predicted molar refractivity (Wildman–Crippen MR) is 119 cm³/mol. The maximum atomic E-state index is 12.3. The highest BCUT2D eigenvalue weighted by atomic mass is 35.5. The molecule has 1 fully saturated rings. The van der Waals surface area contributed by atoms with Gasteiger partial charge in [-0.1, -0.05) is 37.1 Å². The Morgan fingerprint density at radius 1 is 1.23 bits per heavy atom. The van der Waals surface area contributed by atoms with Gasteiger partial charge in [0.15, 0.2) is 6.61 Å². The van der Waals surface area contributed by atoms with E-state index in [-0.39, 0.29) is 33.6 Å². The van der Waals surface area contributed by atoms with E-state index in [9.17, 15) is 18.5 Å². The summed E-state index contributed by atoms with van der Waals surface area (Å²) in [5.41, 5.74) is 1.18. The normalized spacial score (nSPS) is 14.5. The molecule has 0 saturated heterocycles. The number of nitrogens with one attached hydrogen (secondary N) is 2.